The molecule has 0 bridgehead atoms. The minimum atomic E-state index is 0.253. The van der Waals surface area contributed by atoms with Crippen molar-refractivity contribution in [3.05, 3.63) is 20.8 Å². The number of nitrogens with one attached hydrogen (secondary N) is 1. The Morgan fingerprint density at radius 1 is 1.56 bits per heavy atom. The Morgan fingerprint density at radius 2 is 2.31 bits per heavy atom. The van der Waals surface area contributed by atoms with E-state index in [0.717, 1.165) is 13.0 Å². The third kappa shape index (κ3) is 2.35. The first-order valence-corrected chi connectivity index (χ1v) is 7.15. The Morgan fingerprint density at radius 3 is 2.81 bits per heavy atom. The second kappa shape index (κ2) is 4.77. The van der Waals surface area contributed by atoms with E-state index in [1.54, 1.807) is 18.4 Å². The number of ether oxygens (including phenoxy) is 1. The Kier molecular flexibility index (Phi) is 3.74. The lowest BCUT2D eigenvalue weighted by atomic mass is 9.64. The molecule has 0 amide bonds. The summed E-state index contributed by atoms with van der Waals surface area (Å²) in [5, 5.41) is 3.61. The van der Waals surface area contributed by atoms with Crippen molar-refractivity contribution in [1.82, 2.24) is 5.32 Å². The molecule has 2 unspecified atom stereocenters. The summed E-state index contributed by atoms with van der Waals surface area (Å²) >= 11 is 5.28. The van der Waals surface area contributed by atoms with Crippen molar-refractivity contribution in [2.24, 2.45) is 5.41 Å². The molecule has 1 aromatic rings. The third-order valence-corrected chi connectivity index (χ3v) is 5.24. The van der Waals surface area contributed by atoms with Gasteiger partial charge in [0, 0.05) is 30.0 Å². The zero-order chi connectivity index (χ0) is 11.8. The molecule has 2 atom stereocenters. The highest BCUT2D eigenvalue weighted by molar-refractivity contribution is 9.11. The van der Waals surface area contributed by atoms with E-state index < -0.39 is 0 Å². The molecule has 1 saturated carbocycles. The fraction of sp³-hybridized carbons (Fsp3) is 0.667. The molecule has 1 N–H and O–H groups in total. The second-order valence-electron chi connectivity index (χ2n) is 4.92. The lowest BCUT2D eigenvalue weighted by Crippen LogP contribution is -2.60. The molecule has 2 nitrogen and oxygen atoms in total. The summed E-state index contributed by atoms with van der Waals surface area (Å²) in [6.07, 6.45) is 1.52. The van der Waals surface area contributed by atoms with Crippen LogP contribution in [0.25, 0.3) is 0 Å². The van der Waals surface area contributed by atoms with Crippen LogP contribution in [0.1, 0.15) is 25.1 Å². The predicted molar refractivity (Wildman–Crippen MR) is 71.8 cm³/mol. The Balaban J connectivity index is 1.84. The molecule has 1 aromatic heterocycles. The van der Waals surface area contributed by atoms with Gasteiger partial charge in [0.25, 0.3) is 0 Å². The van der Waals surface area contributed by atoms with Crippen LogP contribution in [0.3, 0.4) is 0 Å². The maximum Gasteiger partial charge on any atom is 0.0701 e. The normalized spacial score (nSPS) is 27.8. The topological polar surface area (TPSA) is 21.3 Å². The fourth-order valence-corrected chi connectivity index (χ4v) is 3.74. The number of hydrogen-bond acceptors (Lipinski definition) is 3. The fourth-order valence-electron chi connectivity index (χ4n) is 2.30. The number of thiophene rings is 1. The molecule has 0 aromatic carbocycles. The standard InChI is InChI=1S/C12H18BrNOS/c1-12(2)9(6-10(12)15-3)14-7-8-4-5-11(13)16-8/h4-5,9-10,14H,6-7H2,1-3H3. The molecule has 1 heterocycles. The number of hydrogen-bond donors (Lipinski definition) is 1. The molecule has 90 valence electrons. The van der Waals surface area contributed by atoms with E-state index in [2.05, 4.69) is 47.2 Å². The summed E-state index contributed by atoms with van der Waals surface area (Å²) in [4.78, 5) is 1.38. The van der Waals surface area contributed by atoms with Crippen LogP contribution < -0.4 is 5.32 Å². The van der Waals surface area contributed by atoms with Crippen LogP contribution in [0.4, 0.5) is 0 Å². The molecule has 2 rings (SSSR count). The van der Waals surface area contributed by atoms with Crippen LogP contribution in [0.15, 0.2) is 15.9 Å². The molecule has 0 radical (unpaired) electrons. The van der Waals surface area contributed by atoms with Crippen molar-refractivity contribution in [2.75, 3.05) is 7.11 Å². The lowest BCUT2D eigenvalue weighted by molar-refractivity contribution is -0.0978. The smallest absolute Gasteiger partial charge is 0.0701 e. The molecule has 1 fully saturated rings. The minimum Gasteiger partial charge on any atom is -0.381 e. The molecule has 16 heavy (non-hydrogen) atoms. The summed E-state index contributed by atoms with van der Waals surface area (Å²) in [5.74, 6) is 0. The van der Waals surface area contributed by atoms with Crippen LogP contribution in [0.2, 0.25) is 0 Å². The van der Waals surface area contributed by atoms with E-state index in [4.69, 9.17) is 4.74 Å². The Hall–Kier alpha value is 0.1000. The number of methoxy groups -OCH3 is 1. The van der Waals surface area contributed by atoms with Crippen LogP contribution in [0.5, 0.6) is 0 Å². The van der Waals surface area contributed by atoms with Crippen LogP contribution >= 0.6 is 27.3 Å². The maximum absolute atomic E-state index is 5.44. The number of halogens is 1. The first kappa shape index (κ1) is 12.6. The average Bonchev–Trinajstić information content (AvgIpc) is 2.63. The molecular formula is C12H18BrNOS. The first-order chi connectivity index (χ1) is 7.54. The molecule has 1 aliphatic carbocycles. The minimum absolute atomic E-state index is 0.253. The van der Waals surface area contributed by atoms with Gasteiger partial charge in [-0.25, -0.2) is 0 Å². The summed E-state index contributed by atoms with van der Waals surface area (Å²) in [5.41, 5.74) is 0.253. The van der Waals surface area contributed by atoms with Crippen LogP contribution in [0, 0.1) is 5.41 Å². The monoisotopic (exact) mass is 303 g/mol. The average molecular weight is 304 g/mol. The van der Waals surface area contributed by atoms with Gasteiger partial charge in [0.2, 0.25) is 0 Å². The molecule has 4 heteroatoms. The van der Waals surface area contributed by atoms with Crippen molar-refractivity contribution >= 4 is 27.3 Å². The van der Waals surface area contributed by atoms with Gasteiger partial charge >= 0.3 is 0 Å². The van der Waals surface area contributed by atoms with E-state index >= 15 is 0 Å². The molecule has 0 spiro atoms. The van der Waals surface area contributed by atoms with E-state index in [1.165, 1.54) is 8.66 Å². The van der Waals surface area contributed by atoms with Crippen molar-refractivity contribution in [2.45, 2.75) is 39.0 Å². The van der Waals surface area contributed by atoms with E-state index in [1.807, 2.05) is 0 Å². The highest BCUT2D eigenvalue weighted by Gasteiger charge is 2.48. The van der Waals surface area contributed by atoms with Crippen LogP contribution in [-0.4, -0.2) is 19.3 Å². The highest BCUT2D eigenvalue weighted by Crippen LogP contribution is 2.42. The van der Waals surface area contributed by atoms with Crippen molar-refractivity contribution < 1.29 is 4.74 Å². The summed E-state index contributed by atoms with van der Waals surface area (Å²) in [6.45, 7) is 5.50. The first-order valence-electron chi connectivity index (χ1n) is 5.54. The van der Waals surface area contributed by atoms with Crippen LogP contribution in [-0.2, 0) is 11.3 Å². The Labute approximate surface area is 110 Å². The van der Waals surface area contributed by atoms with Crippen molar-refractivity contribution in [3.63, 3.8) is 0 Å². The zero-order valence-corrected chi connectivity index (χ0v) is 12.3. The van der Waals surface area contributed by atoms with E-state index in [9.17, 15) is 0 Å². The summed E-state index contributed by atoms with van der Waals surface area (Å²) in [6, 6.07) is 4.84. The molecule has 0 saturated heterocycles. The second-order valence-corrected chi connectivity index (χ2v) is 7.47. The summed E-state index contributed by atoms with van der Waals surface area (Å²) in [7, 11) is 1.80. The quantitative estimate of drug-likeness (QED) is 0.920. The summed E-state index contributed by atoms with van der Waals surface area (Å²) < 4.78 is 6.64. The van der Waals surface area contributed by atoms with Gasteiger partial charge in [-0.15, -0.1) is 11.3 Å². The van der Waals surface area contributed by atoms with Gasteiger partial charge in [-0.2, -0.15) is 0 Å². The Bertz CT molecular complexity index is 364. The van der Waals surface area contributed by atoms with E-state index in [-0.39, 0.29) is 5.41 Å². The molecule has 0 aliphatic heterocycles. The predicted octanol–water partition coefficient (Wildman–Crippen LogP) is 3.41. The van der Waals surface area contributed by atoms with Gasteiger partial charge in [-0.3, -0.25) is 0 Å². The van der Waals surface area contributed by atoms with Gasteiger partial charge < -0.3 is 10.1 Å². The zero-order valence-electron chi connectivity index (χ0n) is 9.92. The van der Waals surface area contributed by atoms with Gasteiger partial charge in [0.15, 0.2) is 0 Å². The van der Waals surface area contributed by atoms with Gasteiger partial charge in [-0.1, -0.05) is 13.8 Å². The largest absolute Gasteiger partial charge is 0.381 e. The lowest BCUT2D eigenvalue weighted by Gasteiger charge is -2.51. The van der Waals surface area contributed by atoms with E-state index in [0.29, 0.717) is 12.1 Å². The van der Waals surface area contributed by atoms with Crippen molar-refractivity contribution in [1.29, 1.82) is 0 Å². The van der Waals surface area contributed by atoms with Gasteiger partial charge in [0.1, 0.15) is 0 Å². The molecule has 1 aliphatic rings. The molecular weight excluding hydrogens is 286 g/mol. The SMILES string of the molecule is COC1CC(NCc2ccc(Br)s2)C1(C)C. The van der Waals surface area contributed by atoms with Gasteiger partial charge in [-0.05, 0) is 34.5 Å². The van der Waals surface area contributed by atoms with Crippen molar-refractivity contribution in [3.8, 4) is 0 Å². The highest BCUT2D eigenvalue weighted by atomic mass is 79.9. The maximum atomic E-state index is 5.44. The third-order valence-electron chi connectivity index (χ3n) is 3.61. The van der Waals surface area contributed by atoms with Gasteiger partial charge in [0.05, 0.1) is 9.89 Å². The number of rotatable bonds is 4.